The quantitative estimate of drug-likeness (QED) is 0.581. The van der Waals surface area contributed by atoms with E-state index in [0.717, 1.165) is 22.6 Å². The predicted molar refractivity (Wildman–Crippen MR) is 106 cm³/mol. The largest absolute Gasteiger partial charge is 0.497 e. The molecule has 7 nitrogen and oxygen atoms in total. The van der Waals surface area contributed by atoms with Crippen LogP contribution in [0.2, 0.25) is 0 Å². The van der Waals surface area contributed by atoms with Crippen molar-refractivity contribution in [2.24, 2.45) is 0 Å². The van der Waals surface area contributed by atoms with E-state index in [1.807, 2.05) is 37.3 Å². The molecule has 4 rings (SSSR count). The Balaban J connectivity index is 1.56. The van der Waals surface area contributed by atoms with Crippen LogP contribution in [-0.2, 0) is 11.2 Å². The van der Waals surface area contributed by atoms with E-state index in [0.29, 0.717) is 17.0 Å². The van der Waals surface area contributed by atoms with Crippen molar-refractivity contribution in [3.63, 3.8) is 0 Å². The maximum atomic E-state index is 12.4. The SMILES string of the molecule is COc1ccc(NC(=O)Cc2nnc3c(-c4ccccc4)cnn3c2C)cc1. The van der Waals surface area contributed by atoms with Crippen LogP contribution in [0.4, 0.5) is 5.69 Å². The molecule has 0 radical (unpaired) electrons. The number of aromatic nitrogens is 4. The summed E-state index contributed by atoms with van der Waals surface area (Å²) in [5.74, 6) is 0.565. The van der Waals surface area contributed by atoms with Crippen LogP contribution in [0.5, 0.6) is 5.75 Å². The Labute approximate surface area is 162 Å². The summed E-state index contributed by atoms with van der Waals surface area (Å²) in [7, 11) is 1.60. The Morgan fingerprint density at radius 1 is 1.07 bits per heavy atom. The molecule has 0 aliphatic carbocycles. The highest BCUT2D eigenvalue weighted by Crippen LogP contribution is 2.23. The molecule has 0 saturated carbocycles. The first-order valence-electron chi connectivity index (χ1n) is 8.85. The standard InChI is InChI=1S/C21H19N5O2/c1-14-19(12-20(27)23-16-8-10-17(28-2)11-9-16)24-25-21-18(13-22-26(14)21)15-6-4-3-5-7-15/h3-11,13H,12H2,1-2H3,(H,23,27). The molecule has 1 amide bonds. The molecule has 2 aromatic carbocycles. The number of fused-ring (bicyclic) bond motifs is 1. The van der Waals surface area contributed by atoms with Crippen molar-refractivity contribution in [2.75, 3.05) is 12.4 Å². The van der Waals surface area contributed by atoms with E-state index in [9.17, 15) is 4.79 Å². The van der Waals surface area contributed by atoms with Crippen molar-refractivity contribution in [3.05, 3.63) is 72.2 Å². The second-order valence-electron chi connectivity index (χ2n) is 6.35. The molecule has 0 aliphatic rings. The van der Waals surface area contributed by atoms with Crippen molar-refractivity contribution in [1.82, 2.24) is 19.8 Å². The zero-order chi connectivity index (χ0) is 19.5. The Morgan fingerprint density at radius 3 is 2.54 bits per heavy atom. The van der Waals surface area contributed by atoms with Gasteiger partial charge in [0.2, 0.25) is 5.91 Å². The van der Waals surface area contributed by atoms with Crippen LogP contribution < -0.4 is 10.1 Å². The fourth-order valence-electron chi connectivity index (χ4n) is 3.00. The molecule has 2 aromatic heterocycles. The van der Waals surface area contributed by atoms with Gasteiger partial charge in [-0.2, -0.15) is 10.2 Å². The minimum Gasteiger partial charge on any atom is -0.497 e. The molecule has 0 aliphatic heterocycles. The molecule has 7 heteroatoms. The third-order valence-electron chi connectivity index (χ3n) is 4.53. The Bertz CT molecular complexity index is 1120. The number of benzene rings is 2. The van der Waals surface area contributed by atoms with Gasteiger partial charge >= 0.3 is 0 Å². The van der Waals surface area contributed by atoms with Gasteiger partial charge in [-0.3, -0.25) is 4.79 Å². The van der Waals surface area contributed by atoms with Gasteiger partial charge in [0.05, 0.1) is 31.1 Å². The first-order valence-corrected chi connectivity index (χ1v) is 8.85. The third kappa shape index (κ3) is 3.42. The number of carbonyl (C=O) groups excluding carboxylic acids is 1. The number of nitrogens with one attached hydrogen (secondary N) is 1. The van der Waals surface area contributed by atoms with Gasteiger partial charge in [0.25, 0.3) is 0 Å². The molecule has 4 aromatic rings. The number of methoxy groups -OCH3 is 1. The molecule has 0 atom stereocenters. The highest BCUT2D eigenvalue weighted by Gasteiger charge is 2.15. The van der Waals surface area contributed by atoms with Crippen molar-refractivity contribution in [1.29, 1.82) is 0 Å². The van der Waals surface area contributed by atoms with E-state index < -0.39 is 0 Å². The van der Waals surface area contributed by atoms with E-state index in [1.54, 1.807) is 42.1 Å². The summed E-state index contributed by atoms with van der Waals surface area (Å²) < 4.78 is 6.85. The molecule has 1 N–H and O–H groups in total. The summed E-state index contributed by atoms with van der Waals surface area (Å²) in [4.78, 5) is 12.4. The van der Waals surface area contributed by atoms with E-state index in [-0.39, 0.29) is 12.3 Å². The lowest BCUT2D eigenvalue weighted by Gasteiger charge is -2.08. The minimum absolute atomic E-state index is 0.112. The van der Waals surface area contributed by atoms with Crippen LogP contribution in [0.3, 0.4) is 0 Å². The molecule has 0 spiro atoms. The molecule has 0 unspecified atom stereocenters. The number of ether oxygens (including phenoxy) is 1. The van der Waals surface area contributed by atoms with E-state index in [4.69, 9.17) is 4.74 Å². The molecule has 0 saturated heterocycles. The number of hydrogen-bond acceptors (Lipinski definition) is 5. The number of nitrogens with zero attached hydrogens (tertiary/aromatic N) is 4. The number of amides is 1. The number of aryl methyl sites for hydroxylation is 1. The fourth-order valence-corrected chi connectivity index (χ4v) is 3.00. The average molecular weight is 373 g/mol. The van der Waals surface area contributed by atoms with E-state index in [1.165, 1.54) is 0 Å². The average Bonchev–Trinajstić information content (AvgIpc) is 3.16. The van der Waals surface area contributed by atoms with E-state index in [2.05, 4.69) is 20.6 Å². The minimum atomic E-state index is -0.169. The molecular weight excluding hydrogens is 354 g/mol. The Hall–Kier alpha value is -3.74. The summed E-state index contributed by atoms with van der Waals surface area (Å²) in [6, 6.07) is 17.1. The summed E-state index contributed by atoms with van der Waals surface area (Å²) >= 11 is 0. The zero-order valence-corrected chi connectivity index (χ0v) is 15.6. The lowest BCUT2D eigenvalue weighted by atomic mass is 10.1. The van der Waals surface area contributed by atoms with Crippen LogP contribution in [0, 0.1) is 6.92 Å². The number of hydrogen-bond donors (Lipinski definition) is 1. The van der Waals surface area contributed by atoms with Crippen LogP contribution >= 0.6 is 0 Å². The van der Waals surface area contributed by atoms with Crippen molar-refractivity contribution in [2.45, 2.75) is 13.3 Å². The molecule has 2 heterocycles. The molecule has 28 heavy (non-hydrogen) atoms. The number of anilines is 1. The topological polar surface area (TPSA) is 81.4 Å². The normalized spacial score (nSPS) is 10.8. The Kier molecular flexibility index (Phi) is 4.72. The second-order valence-corrected chi connectivity index (χ2v) is 6.35. The molecule has 0 fully saturated rings. The van der Waals surface area contributed by atoms with Gasteiger partial charge in [-0.25, -0.2) is 4.52 Å². The highest BCUT2D eigenvalue weighted by molar-refractivity contribution is 5.92. The lowest BCUT2D eigenvalue weighted by molar-refractivity contribution is -0.115. The third-order valence-corrected chi connectivity index (χ3v) is 4.53. The van der Waals surface area contributed by atoms with Gasteiger partial charge in [0.15, 0.2) is 5.65 Å². The van der Waals surface area contributed by atoms with Crippen molar-refractivity contribution < 1.29 is 9.53 Å². The number of rotatable bonds is 5. The first-order chi connectivity index (χ1) is 13.7. The summed E-state index contributed by atoms with van der Waals surface area (Å²) in [5, 5.41) is 15.9. The molecule has 0 bridgehead atoms. The van der Waals surface area contributed by atoms with Crippen LogP contribution in [-0.4, -0.2) is 32.8 Å². The van der Waals surface area contributed by atoms with Gasteiger partial charge in [-0.1, -0.05) is 30.3 Å². The van der Waals surface area contributed by atoms with Crippen LogP contribution in [0.15, 0.2) is 60.8 Å². The second kappa shape index (κ2) is 7.48. The zero-order valence-electron chi connectivity index (χ0n) is 15.6. The first kappa shape index (κ1) is 17.7. The van der Waals surface area contributed by atoms with Gasteiger partial charge in [-0.05, 0) is 36.8 Å². The monoisotopic (exact) mass is 373 g/mol. The molecular formula is C21H19N5O2. The lowest BCUT2D eigenvalue weighted by Crippen LogP contribution is -2.17. The predicted octanol–water partition coefficient (Wildman–Crippen LogP) is 3.29. The van der Waals surface area contributed by atoms with Gasteiger partial charge in [0.1, 0.15) is 5.75 Å². The molecule has 140 valence electrons. The van der Waals surface area contributed by atoms with Gasteiger partial charge in [0, 0.05) is 11.3 Å². The maximum absolute atomic E-state index is 12.4. The summed E-state index contributed by atoms with van der Waals surface area (Å²) in [5.41, 5.74) is 4.67. The van der Waals surface area contributed by atoms with Crippen molar-refractivity contribution >= 4 is 17.2 Å². The van der Waals surface area contributed by atoms with E-state index >= 15 is 0 Å². The van der Waals surface area contributed by atoms with Gasteiger partial charge < -0.3 is 10.1 Å². The summed E-state index contributed by atoms with van der Waals surface area (Å²) in [6.07, 6.45) is 1.88. The van der Waals surface area contributed by atoms with Gasteiger partial charge in [-0.15, -0.1) is 5.10 Å². The number of carbonyl (C=O) groups is 1. The highest BCUT2D eigenvalue weighted by atomic mass is 16.5. The fraction of sp³-hybridized carbons (Fsp3) is 0.143. The van der Waals surface area contributed by atoms with Crippen LogP contribution in [0.1, 0.15) is 11.4 Å². The maximum Gasteiger partial charge on any atom is 0.230 e. The summed E-state index contributed by atoms with van der Waals surface area (Å²) in [6.45, 7) is 1.89. The Morgan fingerprint density at radius 2 is 1.82 bits per heavy atom. The van der Waals surface area contributed by atoms with Crippen LogP contribution in [0.25, 0.3) is 16.8 Å². The smallest absolute Gasteiger partial charge is 0.230 e. The van der Waals surface area contributed by atoms with Crippen molar-refractivity contribution in [3.8, 4) is 16.9 Å².